The molecule has 16 heavy (non-hydrogen) atoms. The van der Waals surface area contributed by atoms with Crippen LogP contribution < -0.4 is 9.52 Å². The second-order valence-corrected chi connectivity index (χ2v) is 5.11. The molecular formula is C11H17F2N2O+. The van der Waals surface area contributed by atoms with Gasteiger partial charge in [0.1, 0.15) is 12.3 Å². The third-order valence-corrected chi connectivity index (χ3v) is 2.79. The predicted molar refractivity (Wildman–Crippen MR) is 54.3 cm³/mol. The van der Waals surface area contributed by atoms with Gasteiger partial charge >= 0.3 is 6.55 Å². The van der Waals surface area contributed by atoms with E-state index in [4.69, 9.17) is 4.84 Å². The molecule has 0 unspecified atom stereocenters. The quantitative estimate of drug-likeness (QED) is 0.674. The van der Waals surface area contributed by atoms with Gasteiger partial charge in [-0.05, 0) is 16.5 Å². The smallest absolute Gasteiger partial charge is 0.368 e. The molecule has 90 valence electrons. The summed E-state index contributed by atoms with van der Waals surface area (Å²) < 4.78 is 26.5. The molecule has 0 aliphatic carbocycles. The first kappa shape index (κ1) is 11.4. The minimum Gasteiger partial charge on any atom is -0.368 e. The average Bonchev–Trinajstić information content (AvgIpc) is 2.56. The number of rotatable bonds is 1. The number of aromatic nitrogens is 2. The fourth-order valence-electron chi connectivity index (χ4n) is 2.03. The lowest BCUT2D eigenvalue weighted by Gasteiger charge is -2.19. The first-order valence-corrected chi connectivity index (χ1v) is 5.49. The van der Waals surface area contributed by atoms with E-state index >= 15 is 0 Å². The van der Waals surface area contributed by atoms with Gasteiger partial charge in [-0.3, -0.25) is 0 Å². The largest absolute Gasteiger partial charge is 0.475 e. The molecule has 0 saturated heterocycles. The van der Waals surface area contributed by atoms with Crippen molar-refractivity contribution in [2.24, 2.45) is 0 Å². The van der Waals surface area contributed by atoms with E-state index in [2.05, 4.69) is 0 Å². The van der Waals surface area contributed by atoms with E-state index in [-0.39, 0.29) is 5.41 Å². The van der Waals surface area contributed by atoms with Crippen LogP contribution in [0.1, 0.15) is 45.0 Å². The molecule has 0 atom stereocenters. The topological polar surface area (TPSA) is 18.0 Å². The van der Waals surface area contributed by atoms with Crippen molar-refractivity contribution in [1.29, 1.82) is 0 Å². The van der Waals surface area contributed by atoms with Gasteiger partial charge in [-0.25, -0.2) is 0 Å². The zero-order valence-corrected chi connectivity index (χ0v) is 9.83. The highest BCUT2D eigenvalue weighted by Gasteiger charge is 2.35. The average molecular weight is 231 g/mol. The Balaban J connectivity index is 2.55. The number of alkyl halides is 2. The van der Waals surface area contributed by atoms with E-state index in [0.29, 0.717) is 6.61 Å². The van der Waals surface area contributed by atoms with Crippen LogP contribution in [0.5, 0.6) is 0 Å². The molecule has 2 heterocycles. The van der Waals surface area contributed by atoms with Crippen LogP contribution in [0.25, 0.3) is 0 Å². The van der Waals surface area contributed by atoms with Gasteiger partial charge in [-0.2, -0.15) is 0 Å². The summed E-state index contributed by atoms with van der Waals surface area (Å²) in [5, 5.41) is 0. The van der Waals surface area contributed by atoms with Crippen molar-refractivity contribution in [1.82, 2.24) is 4.85 Å². The fraction of sp³-hybridized carbons (Fsp3) is 0.727. The predicted octanol–water partition coefficient (Wildman–Crippen LogP) is 1.84. The van der Waals surface area contributed by atoms with Gasteiger partial charge in [0.05, 0.1) is 5.56 Å². The standard InChI is InChI=1S/C11H17F2N2O/c1-11(2,3)8-7-14(10(12)13)15-9(8)5-4-6-16-15/h7,10H,4-6H2,1-3H3/q+1. The number of hydrogen-bond donors (Lipinski definition) is 0. The van der Waals surface area contributed by atoms with Gasteiger partial charge in [-0.1, -0.05) is 20.8 Å². The first-order chi connectivity index (χ1) is 7.41. The van der Waals surface area contributed by atoms with E-state index in [9.17, 15) is 8.78 Å². The van der Waals surface area contributed by atoms with Crippen molar-refractivity contribution in [2.45, 2.75) is 45.6 Å². The Labute approximate surface area is 93.6 Å². The highest BCUT2D eigenvalue weighted by Crippen LogP contribution is 2.27. The third kappa shape index (κ3) is 1.79. The van der Waals surface area contributed by atoms with Gasteiger partial charge in [0, 0.05) is 11.3 Å². The Hall–Kier alpha value is -1.13. The molecule has 0 spiro atoms. The molecule has 1 aromatic rings. The molecule has 0 saturated carbocycles. The number of halogens is 2. The SMILES string of the molecule is CC(C)(C)c1c[n+](C(F)F)n2c1CCCO2. The zero-order valence-electron chi connectivity index (χ0n) is 9.83. The van der Waals surface area contributed by atoms with E-state index < -0.39 is 6.55 Å². The summed E-state index contributed by atoms with van der Waals surface area (Å²) in [6.07, 6.45) is 3.19. The molecule has 0 radical (unpaired) electrons. The number of hydrogen-bond acceptors (Lipinski definition) is 1. The van der Waals surface area contributed by atoms with Crippen LogP contribution in [0.15, 0.2) is 6.20 Å². The maximum atomic E-state index is 12.8. The van der Waals surface area contributed by atoms with Gasteiger partial charge in [0.25, 0.3) is 0 Å². The minimum absolute atomic E-state index is 0.141. The maximum Gasteiger partial charge on any atom is 0.475 e. The molecule has 5 heteroatoms. The summed E-state index contributed by atoms with van der Waals surface area (Å²) in [6.45, 7) is 4.00. The minimum atomic E-state index is -2.56. The summed E-state index contributed by atoms with van der Waals surface area (Å²) in [5.41, 5.74) is 1.67. The van der Waals surface area contributed by atoms with E-state index in [1.807, 2.05) is 20.8 Å². The van der Waals surface area contributed by atoms with Crippen molar-refractivity contribution in [2.75, 3.05) is 6.61 Å². The lowest BCUT2D eigenvalue weighted by molar-refractivity contribution is -0.860. The number of fused-ring (bicyclic) bond motifs is 1. The lowest BCUT2D eigenvalue weighted by atomic mass is 9.86. The molecule has 2 rings (SSSR count). The Morgan fingerprint density at radius 1 is 1.44 bits per heavy atom. The zero-order chi connectivity index (χ0) is 11.9. The van der Waals surface area contributed by atoms with Crippen molar-refractivity contribution in [3.05, 3.63) is 17.5 Å². The Bertz CT molecular complexity index is 393. The van der Waals surface area contributed by atoms with Gasteiger partial charge < -0.3 is 4.84 Å². The van der Waals surface area contributed by atoms with Crippen LogP contribution in [-0.2, 0) is 11.8 Å². The summed E-state index contributed by atoms with van der Waals surface area (Å²) in [7, 11) is 0. The molecule has 0 N–H and O–H groups in total. The normalized spacial score (nSPS) is 16.1. The Morgan fingerprint density at radius 2 is 2.12 bits per heavy atom. The van der Waals surface area contributed by atoms with Crippen molar-refractivity contribution in [3.63, 3.8) is 0 Å². The summed E-state index contributed by atoms with van der Waals surface area (Å²) in [4.78, 5) is 6.55. The monoisotopic (exact) mass is 231 g/mol. The summed E-state index contributed by atoms with van der Waals surface area (Å²) in [6, 6.07) is 0. The molecule has 0 aromatic carbocycles. The molecular weight excluding hydrogens is 214 g/mol. The highest BCUT2D eigenvalue weighted by molar-refractivity contribution is 5.23. The first-order valence-electron chi connectivity index (χ1n) is 5.49. The molecule has 1 aromatic heterocycles. The van der Waals surface area contributed by atoms with Crippen LogP contribution in [0, 0.1) is 0 Å². The van der Waals surface area contributed by atoms with Crippen LogP contribution in [0.4, 0.5) is 8.78 Å². The second kappa shape index (κ2) is 3.71. The van der Waals surface area contributed by atoms with Crippen molar-refractivity contribution in [3.8, 4) is 0 Å². The summed E-state index contributed by atoms with van der Waals surface area (Å²) in [5.74, 6) is 0. The molecule has 0 amide bonds. The molecule has 1 aliphatic heterocycles. The molecule has 0 fully saturated rings. The van der Waals surface area contributed by atoms with Gasteiger partial charge in [-0.15, -0.1) is 8.78 Å². The van der Waals surface area contributed by atoms with Gasteiger partial charge in [0.2, 0.25) is 6.20 Å². The third-order valence-electron chi connectivity index (χ3n) is 2.79. The van der Waals surface area contributed by atoms with E-state index in [1.165, 1.54) is 11.0 Å². The summed E-state index contributed by atoms with van der Waals surface area (Å²) >= 11 is 0. The molecule has 0 bridgehead atoms. The maximum absolute atomic E-state index is 12.8. The Kier molecular flexibility index (Phi) is 2.64. The fourth-order valence-corrected chi connectivity index (χ4v) is 2.03. The molecule has 1 aliphatic rings. The van der Waals surface area contributed by atoms with Crippen LogP contribution in [0.2, 0.25) is 0 Å². The number of nitrogens with zero attached hydrogens (tertiary/aromatic N) is 2. The van der Waals surface area contributed by atoms with Crippen molar-refractivity contribution >= 4 is 0 Å². The Morgan fingerprint density at radius 3 is 2.69 bits per heavy atom. The molecule has 3 nitrogen and oxygen atoms in total. The highest BCUT2D eigenvalue weighted by atomic mass is 19.3. The van der Waals surface area contributed by atoms with E-state index in [1.54, 1.807) is 0 Å². The van der Waals surface area contributed by atoms with Gasteiger partial charge in [0.15, 0.2) is 0 Å². The lowest BCUT2D eigenvalue weighted by Crippen LogP contribution is -2.48. The van der Waals surface area contributed by atoms with Crippen LogP contribution in [0.3, 0.4) is 0 Å². The van der Waals surface area contributed by atoms with E-state index in [0.717, 1.165) is 28.8 Å². The van der Waals surface area contributed by atoms with Crippen LogP contribution in [-0.4, -0.2) is 11.5 Å². The van der Waals surface area contributed by atoms with Crippen molar-refractivity contribution < 1.29 is 18.3 Å². The van der Waals surface area contributed by atoms with Crippen LogP contribution >= 0.6 is 0 Å². The second-order valence-electron chi connectivity index (χ2n) is 5.11.